The van der Waals surface area contributed by atoms with Crippen molar-refractivity contribution in [1.82, 2.24) is 0 Å². The number of aromatic hydroxyl groups is 2. The third-order valence-corrected chi connectivity index (χ3v) is 3.50. The van der Waals surface area contributed by atoms with Crippen LogP contribution in [0, 0.1) is 0 Å². The number of phenols is 2. The Hall–Kier alpha value is -2.43. The van der Waals surface area contributed by atoms with Crippen molar-refractivity contribution in [3.8, 4) is 11.5 Å². The number of benzene rings is 2. The lowest BCUT2D eigenvalue weighted by Crippen LogP contribution is -2.19. The summed E-state index contributed by atoms with van der Waals surface area (Å²) < 4.78 is 0. The molecule has 0 aliphatic carbocycles. The highest BCUT2D eigenvalue weighted by Gasteiger charge is 2.24. The molecule has 0 radical (unpaired) electrons. The van der Waals surface area contributed by atoms with Crippen molar-refractivity contribution in [3.05, 3.63) is 47.5 Å². The molecule has 108 valence electrons. The Bertz CT molecular complexity index is 574. The monoisotopic (exact) mass is 278 g/mol. The fourth-order valence-electron chi connectivity index (χ4n) is 2.05. The lowest BCUT2D eigenvalue weighted by Gasteiger charge is -2.27. The lowest BCUT2D eigenvalue weighted by atomic mass is 9.78. The van der Waals surface area contributed by atoms with Gasteiger partial charge in [-0.2, -0.15) is 0 Å². The Balaban J connectivity index is 0.00000200. The highest BCUT2D eigenvalue weighted by Crippen LogP contribution is 2.36. The highest BCUT2D eigenvalue weighted by atomic mass is 19.0. The van der Waals surface area contributed by atoms with Gasteiger partial charge in [0.15, 0.2) is 0 Å². The molecule has 0 saturated carbocycles. The number of hydrogen-bond donors (Lipinski definition) is 4. The van der Waals surface area contributed by atoms with Crippen molar-refractivity contribution in [2.75, 3.05) is 11.5 Å². The largest absolute Gasteiger partial charge is 0.506 e. The van der Waals surface area contributed by atoms with Crippen LogP contribution in [0.15, 0.2) is 36.4 Å². The number of nitrogens with two attached hydrogens (primary N) is 2. The summed E-state index contributed by atoms with van der Waals surface area (Å²) in [5.41, 5.74) is 13.8. The van der Waals surface area contributed by atoms with Crippen LogP contribution in [0.5, 0.6) is 11.5 Å². The average molecular weight is 278 g/mol. The quantitative estimate of drug-likeness (QED) is 0.502. The van der Waals surface area contributed by atoms with E-state index in [1.807, 2.05) is 26.0 Å². The third kappa shape index (κ3) is 2.61. The number of hydrogen-bond acceptors (Lipinski definition) is 4. The second-order valence-corrected chi connectivity index (χ2v) is 5.17. The van der Waals surface area contributed by atoms with E-state index in [-0.39, 0.29) is 21.6 Å². The second kappa shape index (κ2) is 5.28. The molecule has 0 aliphatic rings. The maximum Gasteiger partial charge on any atom is 0.138 e. The maximum atomic E-state index is 9.48. The molecule has 0 unspecified atom stereocenters. The number of rotatable bonds is 2. The molecule has 0 amide bonds. The van der Waals surface area contributed by atoms with E-state index >= 15 is 0 Å². The first kappa shape index (κ1) is 15.6. The minimum absolute atomic E-state index is 0. The maximum absolute atomic E-state index is 9.48. The number of halogens is 1. The van der Waals surface area contributed by atoms with Gasteiger partial charge in [-0.25, -0.2) is 0 Å². The van der Waals surface area contributed by atoms with Gasteiger partial charge in [0.25, 0.3) is 0 Å². The van der Waals surface area contributed by atoms with Crippen LogP contribution >= 0.6 is 0 Å². The molecular formula is C15H19FN2O2. The molecule has 0 heterocycles. The summed E-state index contributed by atoms with van der Waals surface area (Å²) in [7, 11) is 0. The van der Waals surface area contributed by atoms with Gasteiger partial charge < -0.3 is 21.7 Å². The second-order valence-electron chi connectivity index (χ2n) is 5.17. The molecule has 0 bridgehead atoms. The molecule has 2 aromatic rings. The predicted molar refractivity (Wildman–Crippen MR) is 79.7 cm³/mol. The molecule has 2 rings (SSSR count). The van der Waals surface area contributed by atoms with Gasteiger partial charge in [-0.05, 0) is 35.4 Å². The smallest absolute Gasteiger partial charge is 0.138 e. The van der Waals surface area contributed by atoms with Crippen LogP contribution in [0.25, 0.3) is 0 Å². The summed E-state index contributed by atoms with van der Waals surface area (Å²) in [6.45, 7) is 4.06. The van der Waals surface area contributed by atoms with Crippen molar-refractivity contribution >= 4 is 11.4 Å². The topological polar surface area (TPSA) is 92.5 Å². The zero-order valence-electron chi connectivity index (χ0n) is 11.4. The molecule has 0 aliphatic heterocycles. The summed E-state index contributed by atoms with van der Waals surface area (Å²) in [6, 6.07) is 10.3. The van der Waals surface area contributed by atoms with Gasteiger partial charge in [0, 0.05) is 5.41 Å². The van der Waals surface area contributed by atoms with Crippen molar-refractivity contribution < 1.29 is 14.9 Å². The van der Waals surface area contributed by atoms with Crippen LogP contribution in [0.2, 0.25) is 0 Å². The SMILES string of the molecule is CC(C)(c1ccc(O)c(N)c1)c1ccc(O)c(N)c1.F. The van der Waals surface area contributed by atoms with Gasteiger partial charge in [-0.1, -0.05) is 26.0 Å². The van der Waals surface area contributed by atoms with Crippen LogP contribution in [0.4, 0.5) is 16.1 Å². The standard InChI is InChI=1S/C15H18N2O2.FH/c1-15(2,9-3-5-13(18)11(16)7-9)10-4-6-14(19)12(17)8-10;/h3-8,18-19H,16-17H2,1-2H3;1H. The lowest BCUT2D eigenvalue weighted by molar-refractivity contribution is 0.477. The summed E-state index contributed by atoms with van der Waals surface area (Å²) in [6.07, 6.45) is 0. The highest BCUT2D eigenvalue weighted by molar-refractivity contribution is 5.59. The summed E-state index contributed by atoms with van der Waals surface area (Å²) in [5, 5.41) is 19.0. The molecule has 2 aromatic carbocycles. The Morgan fingerprint density at radius 2 is 1.15 bits per heavy atom. The van der Waals surface area contributed by atoms with Gasteiger partial charge in [-0.3, -0.25) is 4.70 Å². The number of anilines is 2. The van der Waals surface area contributed by atoms with E-state index in [9.17, 15) is 10.2 Å². The minimum atomic E-state index is -0.330. The average Bonchev–Trinajstić information content (AvgIpc) is 2.35. The summed E-state index contributed by atoms with van der Waals surface area (Å²) in [5.74, 6) is 0.148. The molecule has 0 saturated heterocycles. The Morgan fingerprint density at radius 3 is 1.45 bits per heavy atom. The third-order valence-electron chi connectivity index (χ3n) is 3.50. The van der Waals surface area contributed by atoms with Gasteiger partial charge in [0.2, 0.25) is 0 Å². The molecule has 6 N–H and O–H groups in total. The van der Waals surface area contributed by atoms with Gasteiger partial charge in [0.1, 0.15) is 11.5 Å². The van der Waals surface area contributed by atoms with Gasteiger partial charge in [-0.15, -0.1) is 0 Å². The molecule has 0 fully saturated rings. The molecule has 0 spiro atoms. The van der Waals surface area contributed by atoms with E-state index in [1.165, 1.54) is 0 Å². The predicted octanol–water partition coefficient (Wildman–Crippen LogP) is 2.74. The molecule has 20 heavy (non-hydrogen) atoms. The summed E-state index contributed by atoms with van der Waals surface area (Å²) in [4.78, 5) is 0. The molecule has 5 heteroatoms. The van der Waals surface area contributed by atoms with E-state index in [1.54, 1.807) is 24.3 Å². The van der Waals surface area contributed by atoms with Crippen LogP contribution < -0.4 is 11.5 Å². The first-order valence-electron chi connectivity index (χ1n) is 6.00. The molecule has 4 nitrogen and oxygen atoms in total. The fourth-order valence-corrected chi connectivity index (χ4v) is 2.05. The van der Waals surface area contributed by atoms with E-state index in [0.29, 0.717) is 11.4 Å². The number of nitrogen functional groups attached to an aromatic ring is 2. The Kier molecular flexibility index (Phi) is 4.13. The fraction of sp³-hybridized carbons (Fsp3) is 0.200. The number of phenolic OH excluding ortho intramolecular Hbond substituents is 2. The van der Waals surface area contributed by atoms with Crippen molar-refractivity contribution in [1.29, 1.82) is 0 Å². The zero-order chi connectivity index (χ0) is 14.2. The van der Waals surface area contributed by atoms with Crippen molar-refractivity contribution in [3.63, 3.8) is 0 Å². The Labute approximate surface area is 117 Å². The van der Waals surface area contributed by atoms with Gasteiger partial charge >= 0.3 is 0 Å². The van der Waals surface area contributed by atoms with Crippen molar-refractivity contribution in [2.24, 2.45) is 0 Å². The normalized spacial score (nSPS) is 10.9. The first-order valence-corrected chi connectivity index (χ1v) is 6.00. The van der Waals surface area contributed by atoms with E-state index in [4.69, 9.17) is 11.5 Å². The van der Waals surface area contributed by atoms with Gasteiger partial charge in [0.05, 0.1) is 11.4 Å². The van der Waals surface area contributed by atoms with Crippen LogP contribution in [-0.2, 0) is 5.41 Å². The van der Waals surface area contributed by atoms with Crippen LogP contribution in [-0.4, -0.2) is 10.2 Å². The molecular weight excluding hydrogens is 259 g/mol. The van der Waals surface area contributed by atoms with Crippen molar-refractivity contribution in [2.45, 2.75) is 19.3 Å². The van der Waals surface area contributed by atoms with Crippen LogP contribution in [0.3, 0.4) is 0 Å². The Morgan fingerprint density at radius 1 is 0.800 bits per heavy atom. The first-order chi connectivity index (χ1) is 8.82. The van der Waals surface area contributed by atoms with Crippen LogP contribution in [0.1, 0.15) is 25.0 Å². The zero-order valence-corrected chi connectivity index (χ0v) is 11.4. The molecule has 0 atom stereocenters. The summed E-state index contributed by atoms with van der Waals surface area (Å²) >= 11 is 0. The molecule has 0 aromatic heterocycles. The van der Waals surface area contributed by atoms with E-state index < -0.39 is 0 Å². The minimum Gasteiger partial charge on any atom is -0.506 e. The van der Waals surface area contributed by atoms with E-state index in [0.717, 1.165) is 11.1 Å². The van der Waals surface area contributed by atoms with E-state index in [2.05, 4.69) is 0 Å².